The highest BCUT2D eigenvalue weighted by molar-refractivity contribution is 7.81. The number of piperidine rings is 2. The fourth-order valence-electron chi connectivity index (χ4n) is 8.08. The Labute approximate surface area is 408 Å². The van der Waals surface area contributed by atoms with Crippen molar-refractivity contribution in [3.8, 4) is 0 Å². The molecule has 3 N–H and O–H groups in total. The van der Waals surface area contributed by atoms with E-state index >= 15 is 0 Å². The van der Waals surface area contributed by atoms with Crippen LogP contribution in [-0.2, 0) is 48.4 Å². The fraction of sp³-hybridized carbons (Fsp3) is 0.857. The summed E-state index contributed by atoms with van der Waals surface area (Å²) in [5, 5.41) is 2.75. The van der Waals surface area contributed by atoms with Crippen LogP contribution < -0.4 is 10.9 Å². The number of carbonyl (C=O) groups excluding carboxylic acids is 6. The number of quaternary nitrogens is 1. The number of nitrogens with one attached hydrogen (secondary N) is 2. The second-order valence-corrected chi connectivity index (χ2v) is 21.7. The number of carbonyl (C=O) groups is 6. The summed E-state index contributed by atoms with van der Waals surface area (Å²) in [7, 11) is -7.36. The Morgan fingerprint density at radius 1 is 0.638 bits per heavy atom. The molecule has 0 unspecified atom stereocenters. The van der Waals surface area contributed by atoms with Gasteiger partial charge in [-0.15, -0.1) is 4.28 Å². The average molecular weight is 1030 g/mol. The molecule has 4 atom stereocenters. The molecular formula is C42H79N9O16S2. The lowest BCUT2D eigenvalue weighted by atomic mass is 10.0. The minimum atomic E-state index is -5.11. The molecule has 0 aromatic heterocycles. The van der Waals surface area contributed by atoms with Crippen LogP contribution in [0.5, 0.6) is 0 Å². The lowest BCUT2D eigenvalue weighted by Gasteiger charge is -2.39. The topological polar surface area (TPSA) is 294 Å². The SMILES string of the molecule is CCCC[N+](CCCC)(CCCC)CCCC.CN(NC(=O)[C@@H]1CC[C@@H]2CN1C(=O)N2OS(=O)(=O)O)C(=O)OC(C)(C)C.CN(NC(=O)[C@@H]1CC[C@@H]2CN1C(=O)N2OS(=O)(=O)[O-])C(=O)OC(C)(C)C. The molecule has 27 heteroatoms. The van der Waals surface area contributed by atoms with E-state index in [0.717, 1.165) is 19.8 Å². The number of hydroxylamine groups is 4. The van der Waals surface area contributed by atoms with Gasteiger partial charge < -0.3 is 28.3 Å². The van der Waals surface area contributed by atoms with E-state index in [-0.39, 0.29) is 38.8 Å². The van der Waals surface area contributed by atoms with E-state index < -0.39 is 92.2 Å². The number of hydrogen-bond acceptors (Lipinski definition) is 15. The van der Waals surface area contributed by atoms with Crippen LogP contribution in [0.1, 0.15) is 146 Å². The number of rotatable bonds is 18. The van der Waals surface area contributed by atoms with Crippen molar-refractivity contribution >= 4 is 56.9 Å². The van der Waals surface area contributed by atoms with Crippen molar-refractivity contribution in [2.24, 2.45) is 0 Å². The van der Waals surface area contributed by atoms with Gasteiger partial charge in [0.2, 0.25) is 10.4 Å². The first-order valence-electron chi connectivity index (χ1n) is 23.7. The standard InChI is InChI=1S/C16H36N.2C13H22N4O8S/c1-5-9-13-17(14-10-6-2,15-11-7-3)16-12-8-4;2*1-13(2,3)24-12(20)15(4)14-10(18)9-6-5-8-7-16(9)11(19)17(8)25-26(21,22)23/h5-16H2,1-4H3;2*8-9H,5-7H2,1-4H3,(H,14,18)(H,21,22,23)/q+1;;/p-1/t;2*8-,9+/m.11/s1. The molecule has 4 rings (SSSR count). The van der Waals surface area contributed by atoms with Crippen molar-refractivity contribution in [3.05, 3.63) is 0 Å². The predicted octanol–water partition coefficient (Wildman–Crippen LogP) is 4.44. The largest absolute Gasteiger partial charge is 0.724 e. The van der Waals surface area contributed by atoms with E-state index in [9.17, 15) is 50.2 Å². The number of nitrogens with zero attached hydrogens (tertiary/aromatic N) is 7. The Morgan fingerprint density at radius 2 is 0.957 bits per heavy atom. The first kappa shape index (κ1) is 60.8. The smallest absolute Gasteiger partial charge is 0.428 e. The van der Waals surface area contributed by atoms with Crippen LogP contribution in [0.15, 0.2) is 0 Å². The number of urea groups is 2. The molecule has 0 spiro atoms. The summed E-state index contributed by atoms with van der Waals surface area (Å²) in [6.07, 6.45) is 10.5. The first-order chi connectivity index (χ1) is 31.8. The van der Waals surface area contributed by atoms with Gasteiger partial charge in [0.25, 0.3) is 11.8 Å². The van der Waals surface area contributed by atoms with Crippen LogP contribution in [0.2, 0.25) is 0 Å². The average Bonchev–Trinajstić information content (AvgIpc) is 3.60. The predicted molar refractivity (Wildman–Crippen MR) is 249 cm³/mol. The quantitative estimate of drug-likeness (QED) is 0.0740. The molecule has 69 heavy (non-hydrogen) atoms. The molecule has 4 aliphatic rings. The molecule has 8 amide bonds. The minimum Gasteiger partial charge on any atom is -0.724 e. The third-order valence-electron chi connectivity index (χ3n) is 11.4. The highest BCUT2D eigenvalue weighted by Gasteiger charge is 2.51. The van der Waals surface area contributed by atoms with Gasteiger partial charge in [-0.25, -0.2) is 37.6 Å². The maximum atomic E-state index is 12.4. The van der Waals surface area contributed by atoms with E-state index in [1.807, 2.05) is 0 Å². The van der Waals surface area contributed by atoms with Gasteiger partial charge in [-0.2, -0.15) is 22.8 Å². The lowest BCUT2D eigenvalue weighted by Crippen LogP contribution is -2.55. The van der Waals surface area contributed by atoms with Crippen LogP contribution >= 0.6 is 0 Å². The van der Waals surface area contributed by atoms with Gasteiger partial charge >= 0.3 is 34.6 Å². The van der Waals surface area contributed by atoms with E-state index in [1.165, 1.54) is 96.1 Å². The van der Waals surface area contributed by atoms with Crippen molar-refractivity contribution in [1.29, 1.82) is 0 Å². The van der Waals surface area contributed by atoms with Gasteiger partial charge in [0, 0.05) is 27.2 Å². The summed E-state index contributed by atoms with van der Waals surface area (Å²) in [4.78, 5) is 75.3. The lowest BCUT2D eigenvalue weighted by molar-refractivity contribution is -0.929. The zero-order valence-electron chi connectivity index (χ0n) is 42.6. The van der Waals surface area contributed by atoms with Gasteiger partial charge in [0.1, 0.15) is 23.3 Å². The first-order valence-corrected chi connectivity index (χ1v) is 26.4. The number of unbranched alkanes of at least 4 members (excludes halogenated alkanes) is 4. The minimum absolute atomic E-state index is 0.0303. The monoisotopic (exact) mass is 1030 g/mol. The molecule has 0 aromatic carbocycles. The van der Waals surface area contributed by atoms with Gasteiger partial charge in [0.15, 0.2) is 0 Å². The third kappa shape index (κ3) is 20.2. The third-order valence-corrected chi connectivity index (χ3v) is 12.1. The maximum absolute atomic E-state index is 12.4. The van der Waals surface area contributed by atoms with Gasteiger partial charge in [0.05, 0.1) is 38.3 Å². The van der Waals surface area contributed by atoms with Crippen LogP contribution in [0.4, 0.5) is 19.2 Å². The van der Waals surface area contributed by atoms with Crippen molar-refractivity contribution in [2.75, 3.05) is 53.4 Å². The highest BCUT2D eigenvalue weighted by Crippen LogP contribution is 2.32. The van der Waals surface area contributed by atoms with E-state index in [2.05, 4.69) is 47.1 Å². The number of hydrazine groups is 2. The van der Waals surface area contributed by atoms with E-state index in [4.69, 9.17) is 14.0 Å². The van der Waals surface area contributed by atoms with Crippen LogP contribution in [0.3, 0.4) is 0 Å². The summed E-state index contributed by atoms with van der Waals surface area (Å²) < 4.78 is 82.8. The Bertz CT molecular complexity index is 1810. The second-order valence-electron chi connectivity index (χ2n) is 19.7. The van der Waals surface area contributed by atoms with Crippen molar-refractivity contribution < 1.29 is 77.2 Å². The Balaban J connectivity index is 0.000000365. The molecule has 4 heterocycles. The summed E-state index contributed by atoms with van der Waals surface area (Å²) >= 11 is 0. The molecule has 0 aliphatic carbocycles. The van der Waals surface area contributed by atoms with Crippen LogP contribution in [-0.4, -0.2) is 185 Å². The summed E-state index contributed by atoms with van der Waals surface area (Å²) in [5.41, 5.74) is 3.17. The fourth-order valence-corrected chi connectivity index (χ4v) is 8.85. The summed E-state index contributed by atoms with van der Waals surface area (Å²) in [6, 6.07) is -4.85. The van der Waals surface area contributed by atoms with Gasteiger partial charge in [-0.1, -0.05) is 53.4 Å². The zero-order chi connectivity index (χ0) is 52.7. The molecule has 4 aliphatic heterocycles. The number of ether oxygens (including phenoxy) is 2. The Kier molecular flexibility index (Phi) is 23.1. The zero-order valence-corrected chi connectivity index (χ0v) is 44.2. The molecule has 0 radical (unpaired) electrons. The van der Waals surface area contributed by atoms with Crippen LogP contribution in [0.25, 0.3) is 0 Å². The molecule has 400 valence electrons. The molecule has 4 saturated heterocycles. The molecule has 25 nitrogen and oxygen atoms in total. The van der Waals surface area contributed by atoms with Crippen molar-refractivity contribution in [2.45, 2.75) is 182 Å². The molecule has 4 fully saturated rings. The summed E-state index contributed by atoms with van der Waals surface area (Å²) in [6.45, 7) is 25.1. The molecular weight excluding hydrogens is 951 g/mol. The normalized spacial score (nSPS) is 20.3. The van der Waals surface area contributed by atoms with Gasteiger partial charge in [-0.3, -0.25) is 25.0 Å². The van der Waals surface area contributed by atoms with E-state index in [0.29, 0.717) is 10.1 Å². The Morgan fingerprint density at radius 3 is 1.23 bits per heavy atom. The molecule has 0 saturated carbocycles. The van der Waals surface area contributed by atoms with E-state index in [1.54, 1.807) is 41.5 Å². The van der Waals surface area contributed by atoms with Gasteiger partial charge in [-0.05, 0) is 92.9 Å². The van der Waals surface area contributed by atoms with Crippen LogP contribution in [0, 0.1) is 0 Å². The maximum Gasteiger partial charge on any atom is 0.428 e. The van der Waals surface area contributed by atoms with Crippen molar-refractivity contribution in [3.63, 3.8) is 0 Å². The number of fused-ring (bicyclic) bond motifs is 4. The highest BCUT2D eigenvalue weighted by atomic mass is 32.3. The summed E-state index contributed by atoms with van der Waals surface area (Å²) in [5.74, 6) is -1.27. The number of amides is 8. The second kappa shape index (κ2) is 26.2. The molecule has 0 aromatic rings. The molecule has 4 bridgehead atoms. The van der Waals surface area contributed by atoms with Crippen molar-refractivity contribution in [1.82, 2.24) is 40.8 Å². The Hall–Kier alpha value is -4.28. The number of hydrogen-bond donors (Lipinski definition) is 3.